The van der Waals surface area contributed by atoms with Crippen LogP contribution in [-0.2, 0) is 6.18 Å². The second-order valence-corrected chi connectivity index (χ2v) is 5.74. The maximum atomic E-state index is 13.0. The van der Waals surface area contributed by atoms with Crippen LogP contribution in [0.1, 0.15) is 16.7 Å². The molecule has 2 aromatic rings. The monoisotopic (exact) mass is 372 g/mol. The van der Waals surface area contributed by atoms with Crippen molar-refractivity contribution >= 4 is 23.3 Å². The van der Waals surface area contributed by atoms with Gasteiger partial charge in [0.25, 0.3) is 0 Å². The number of carbonyl (C=O) groups excluding carboxylic acids is 1. The van der Waals surface area contributed by atoms with Crippen molar-refractivity contribution in [2.24, 2.45) is 0 Å². The number of aryl methyl sites for hydroxylation is 1. The lowest BCUT2D eigenvalue weighted by Gasteiger charge is -2.15. The summed E-state index contributed by atoms with van der Waals surface area (Å²) in [7, 11) is 0. The molecule has 0 saturated carbocycles. The van der Waals surface area contributed by atoms with Gasteiger partial charge in [-0.15, -0.1) is 0 Å². The van der Waals surface area contributed by atoms with E-state index in [2.05, 4.69) is 10.6 Å². The number of alkyl halides is 3. The average molecular weight is 373 g/mol. The minimum absolute atomic E-state index is 0.0726. The van der Waals surface area contributed by atoms with Crippen molar-refractivity contribution < 1.29 is 22.7 Å². The average Bonchev–Trinajstić information content (AvgIpc) is 2.52. The van der Waals surface area contributed by atoms with Crippen molar-refractivity contribution in [3.63, 3.8) is 0 Å². The molecule has 0 aliphatic heterocycles. The second kappa shape index (κ2) is 7.65. The van der Waals surface area contributed by atoms with Crippen LogP contribution in [-0.4, -0.2) is 12.8 Å². The molecule has 8 heteroatoms. The third-order valence-electron chi connectivity index (χ3n) is 3.55. The van der Waals surface area contributed by atoms with Gasteiger partial charge in [-0.05, 0) is 49.2 Å². The number of rotatable bonds is 4. The number of amides is 2. The largest absolute Gasteiger partial charge is 0.473 e. The van der Waals surface area contributed by atoms with Crippen LogP contribution in [0.3, 0.4) is 0 Å². The molecule has 0 saturated heterocycles. The third-order valence-corrected chi connectivity index (χ3v) is 3.79. The number of hydrogen-bond donors (Lipinski definition) is 2. The lowest BCUT2D eigenvalue weighted by molar-refractivity contribution is -0.136. The molecule has 2 rings (SSSR count). The molecule has 0 fully saturated rings. The van der Waals surface area contributed by atoms with Gasteiger partial charge in [0.1, 0.15) is 5.75 Å². The van der Waals surface area contributed by atoms with E-state index < -0.39 is 17.8 Å². The SMILES string of the molecule is Cc1cccc(OCNC(=O)Nc2ccc(Cl)cc2C(F)(F)F)c1C. The quantitative estimate of drug-likeness (QED) is 0.731. The summed E-state index contributed by atoms with van der Waals surface area (Å²) < 4.78 is 44.4. The normalized spacial score (nSPS) is 11.1. The Morgan fingerprint density at radius 3 is 2.60 bits per heavy atom. The summed E-state index contributed by atoms with van der Waals surface area (Å²) in [6.07, 6.45) is -4.64. The first-order valence-corrected chi connectivity index (χ1v) is 7.67. The molecule has 2 amide bonds. The molecule has 2 aromatic carbocycles. The van der Waals surface area contributed by atoms with Crippen molar-refractivity contribution in [3.8, 4) is 5.75 Å². The zero-order valence-electron chi connectivity index (χ0n) is 13.5. The predicted octanol–water partition coefficient (Wildman–Crippen LogP) is 5.13. The Balaban J connectivity index is 1.98. The van der Waals surface area contributed by atoms with Gasteiger partial charge in [0.15, 0.2) is 6.73 Å². The highest BCUT2D eigenvalue weighted by Gasteiger charge is 2.34. The molecule has 0 spiro atoms. The number of benzene rings is 2. The molecule has 0 radical (unpaired) electrons. The summed E-state index contributed by atoms with van der Waals surface area (Å²) in [4.78, 5) is 11.8. The molecule has 0 aromatic heterocycles. The van der Waals surface area contributed by atoms with Crippen molar-refractivity contribution in [2.75, 3.05) is 12.0 Å². The van der Waals surface area contributed by atoms with E-state index in [9.17, 15) is 18.0 Å². The first kappa shape index (κ1) is 18.9. The van der Waals surface area contributed by atoms with Crippen LogP contribution in [0.2, 0.25) is 5.02 Å². The van der Waals surface area contributed by atoms with E-state index >= 15 is 0 Å². The van der Waals surface area contributed by atoms with E-state index in [0.29, 0.717) is 5.75 Å². The molecular formula is C17H16ClF3N2O2. The summed E-state index contributed by atoms with van der Waals surface area (Å²) >= 11 is 5.59. The molecule has 0 aliphatic rings. The first-order valence-electron chi connectivity index (χ1n) is 7.29. The molecule has 2 N–H and O–H groups in total. The summed E-state index contributed by atoms with van der Waals surface area (Å²) in [6.45, 7) is 3.60. The molecule has 0 unspecified atom stereocenters. The number of ether oxygens (including phenoxy) is 1. The predicted molar refractivity (Wildman–Crippen MR) is 90.0 cm³/mol. The minimum Gasteiger partial charge on any atom is -0.473 e. The fraction of sp³-hybridized carbons (Fsp3) is 0.235. The molecule has 25 heavy (non-hydrogen) atoms. The Kier molecular flexibility index (Phi) is 5.79. The fourth-order valence-corrected chi connectivity index (χ4v) is 2.26. The van der Waals surface area contributed by atoms with Crippen molar-refractivity contribution in [2.45, 2.75) is 20.0 Å². The Bertz CT molecular complexity index is 779. The second-order valence-electron chi connectivity index (χ2n) is 5.31. The number of carbonyl (C=O) groups is 1. The van der Waals surface area contributed by atoms with Crippen LogP contribution in [0.15, 0.2) is 36.4 Å². The van der Waals surface area contributed by atoms with Crippen LogP contribution in [0.5, 0.6) is 5.75 Å². The van der Waals surface area contributed by atoms with Crippen molar-refractivity contribution in [1.29, 1.82) is 0 Å². The molecule has 134 valence electrons. The van der Waals surface area contributed by atoms with Gasteiger partial charge in [0.05, 0.1) is 11.3 Å². The third kappa shape index (κ3) is 5.03. The molecular weight excluding hydrogens is 357 g/mol. The van der Waals surface area contributed by atoms with Crippen molar-refractivity contribution in [3.05, 3.63) is 58.1 Å². The molecule has 0 heterocycles. The van der Waals surface area contributed by atoms with E-state index in [-0.39, 0.29) is 17.4 Å². The standard InChI is InChI=1S/C17H16ClF3N2O2/c1-10-4-3-5-15(11(10)2)25-9-22-16(24)23-14-7-6-12(18)8-13(14)17(19,20)21/h3-8H,9H2,1-2H3,(H2,22,23,24). The number of halogens is 4. The van der Waals surface area contributed by atoms with Crippen molar-refractivity contribution in [1.82, 2.24) is 5.32 Å². The highest BCUT2D eigenvalue weighted by molar-refractivity contribution is 6.30. The van der Waals surface area contributed by atoms with Gasteiger partial charge in [-0.2, -0.15) is 13.2 Å². The zero-order chi connectivity index (χ0) is 18.6. The molecule has 0 bridgehead atoms. The number of nitrogens with one attached hydrogen (secondary N) is 2. The van der Waals surface area contributed by atoms with E-state index in [4.69, 9.17) is 16.3 Å². The Morgan fingerprint density at radius 2 is 1.92 bits per heavy atom. The van der Waals surface area contributed by atoms with Gasteiger partial charge >= 0.3 is 12.2 Å². The maximum absolute atomic E-state index is 13.0. The Hall–Kier alpha value is -2.41. The summed E-state index contributed by atoms with van der Waals surface area (Å²) in [6, 6.07) is 7.75. The van der Waals surface area contributed by atoms with Crippen LogP contribution in [0.25, 0.3) is 0 Å². The van der Waals surface area contributed by atoms with Gasteiger partial charge in [-0.1, -0.05) is 23.7 Å². The topological polar surface area (TPSA) is 50.4 Å². The van der Waals surface area contributed by atoms with Gasteiger partial charge in [0.2, 0.25) is 0 Å². The number of anilines is 1. The zero-order valence-corrected chi connectivity index (χ0v) is 14.3. The van der Waals surface area contributed by atoms with Gasteiger partial charge in [0, 0.05) is 5.02 Å². The fourth-order valence-electron chi connectivity index (χ4n) is 2.09. The summed E-state index contributed by atoms with van der Waals surface area (Å²) in [5, 5.41) is 4.42. The summed E-state index contributed by atoms with van der Waals surface area (Å²) in [5.41, 5.74) is 0.534. The van der Waals surface area contributed by atoms with Gasteiger partial charge in [-0.25, -0.2) is 4.79 Å². The highest BCUT2D eigenvalue weighted by Crippen LogP contribution is 2.36. The van der Waals surface area contributed by atoms with Crippen LogP contribution >= 0.6 is 11.6 Å². The van der Waals surface area contributed by atoms with Gasteiger partial charge < -0.3 is 15.4 Å². The van der Waals surface area contributed by atoms with Crippen LogP contribution < -0.4 is 15.4 Å². The first-order chi connectivity index (χ1) is 11.7. The maximum Gasteiger partial charge on any atom is 0.418 e. The van der Waals surface area contributed by atoms with E-state index in [1.165, 1.54) is 6.07 Å². The smallest absolute Gasteiger partial charge is 0.418 e. The number of hydrogen-bond acceptors (Lipinski definition) is 2. The van der Waals surface area contributed by atoms with E-state index in [0.717, 1.165) is 23.3 Å². The number of urea groups is 1. The summed E-state index contributed by atoms with van der Waals surface area (Å²) in [5.74, 6) is 0.586. The van der Waals surface area contributed by atoms with Gasteiger partial charge in [-0.3, -0.25) is 0 Å². The van der Waals surface area contributed by atoms with Crippen LogP contribution in [0, 0.1) is 13.8 Å². The van der Waals surface area contributed by atoms with Crippen LogP contribution in [0.4, 0.5) is 23.7 Å². The van der Waals surface area contributed by atoms with E-state index in [1.54, 1.807) is 12.1 Å². The lowest BCUT2D eigenvalue weighted by atomic mass is 10.1. The van der Waals surface area contributed by atoms with E-state index in [1.807, 2.05) is 19.9 Å². The minimum atomic E-state index is -4.64. The Labute approximate surface area is 147 Å². The lowest BCUT2D eigenvalue weighted by Crippen LogP contribution is -2.32. The molecule has 4 nitrogen and oxygen atoms in total. The molecule has 0 atom stereocenters. The molecule has 0 aliphatic carbocycles. The Morgan fingerprint density at radius 1 is 1.20 bits per heavy atom. The highest BCUT2D eigenvalue weighted by atomic mass is 35.5.